The van der Waals surface area contributed by atoms with Crippen molar-refractivity contribution in [1.29, 1.82) is 0 Å². The molecule has 3 aromatic heterocycles. The summed E-state index contributed by atoms with van der Waals surface area (Å²) in [6.07, 6.45) is 1.68. The van der Waals surface area contributed by atoms with Crippen molar-refractivity contribution in [2.24, 2.45) is 0 Å². The summed E-state index contributed by atoms with van der Waals surface area (Å²) in [5.41, 5.74) is 3.65. The molecular formula is C20H15N7O2. The zero-order valence-electron chi connectivity index (χ0n) is 15.1. The number of aromatic nitrogens is 6. The number of amides is 1. The Labute approximate surface area is 163 Å². The van der Waals surface area contributed by atoms with Gasteiger partial charge in [-0.05, 0) is 48.0 Å². The fourth-order valence-corrected chi connectivity index (χ4v) is 3.18. The highest BCUT2D eigenvalue weighted by atomic mass is 16.2. The first-order chi connectivity index (χ1) is 14.2. The largest absolute Gasteiger partial charge is 0.350 e. The zero-order valence-corrected chi connectivity index (χ0v) is 15.1. The summed E-state index contributed by atoms with van der Waals surface area (Å²) >= 11 is 0. The normalized spacial score (nSPS) is 11.2. The molecule has 0 bridgehead atoms. The van der Waals surface area contributed by atoms with E-state index in [0.29, 0.717) is 34.5 Å². The number of benzene rings is 2. The number of H-pyrrole nitrogens is 1. The molecule has 0 atom stereocenters. The standard InChI is InChI=1S/C20H15N7O2/c28-19(14-7-8-16-17(11-14)23-25-22-16)21-15-5-3-4-13(10-15)12-27-20(29)26-9-2-1-6-18(26)24-27/h1-11H,12H2,(H,21,28)(H,22,23,25). The topological polar surface area (TPSA) is 110 Å². The fraction of sp³-hybridized carbons (Fsp3) is 0.0500. The van der Waals surface area contributed by atoms with Crippen LogP contribution in [0.3, 0.4) is 0 Å². The van der Waals surface area contributed by atoms with Crippen LogP contribution in [-0.4, -0.2) is 35.5 Å². The van der Waals surface area contributed by atoms with Gasteiger partial charge in [-0.3, -0.25) is 9.20 Å². The van der Waals surface area contributed by atoms with Crippen LogP contribution in [0.5, 0.6) is 0 Å². The molecule has 5 aromatic rings. The highest BCUT2D eigenvalue weighted by molar-refractivity contribution is 6.05. The number of carbonyl (C=O) groups excluding carboxylic acids is 1. The van der Waals surface area contributed by atoms with Crippen molar-refractivity contribution in [3.05, 3.63) is 88.5 Å². The van der Waals surface area contributed by atoms with Crippen molar-refractivity contribution >= 4 is 28.3 Å². The van der Waals surface area contributed by atoms with Crippen molar-refractivity contribution in [1.82, 2.24) is 29.6 Å². The minimum absolute atomic E-state index is 0.212. The summed E-state index contributed by atoms with van der Waals surface area (Å²) in [4.78, 5) is 25.0. The van der Waals surface area contributed by atoms with Crippen molar-refractivity contribution in [3.63, 3.8) is 0 Å². The lowest BCUT2D eigenvalue weighted by Gasteiger charge is -2.07. The van der Waals surface area contributed by atoms with Gasteiger partial charge in [0.1, 0.15) is 11.0 Å². The van der Waals surface area contributed by atoms with Gasteiger partial charge >= 0.3 is 5.69 Å². The van der Waals surface area contributed by atoms with Gasteiger partial charge in [-0.15, -0.1) is 5.10 Å². The Bertz CT molecular complexity index is 1410. The maximum Gasteiger partial charge on any atom is 0.350 e. The molecule has 0 aliphatic heterocycles. The number of nitrogens with zero attached hydrogens (tertiary/aromatic N) is 5. The molecule has 5 rings (SSSR count). The first-order valence-electron chi connectivity index (χ1n) is 8.92. The number of hydrogen-bond donors (Lipinski definition) is 2. The predicted molar refractivity (Wildman–Crippen MR) is 107 cm³/mol. The van der Waals surface area contributed by atoms with Crippen molar-refractivity contribution in [2.45, 2.75) is 6.54 Å². The summed E-state index contributed by atoms with van der Waals surface area (Å²) in [7, 11) is 0. The number of carbonyl (C=O) groups is 1. The van der Waals surface area contributed by atoms with Crippen LogP contribution in [0.1, 0.15) is 15.9 Å². The number of nitrogens with one attached hydrogen (secondary N) is 2. The van der Waals surface area contributed by atoms with E-state index in [1.807, 2.05) is 24.3 Å². The van der Waals surface area contributed by atoms with E-state index in [0.717, 1.165) is 5.56 Å². The number of aromatic amines is 1. The number of anilines is 1. The van der Waals surface area contributed by atoms with Gasteiger partial charge in [0.25, 0.3) is 5.91 Å². The van der Waals surface area contributed by atoms with E-state index in [9.17, 15) is 9.59 Å². The van der Waals surface area contributed by atoms with Gasteiger partial charge in [0.2, 0.25) is 0 Å². The molecule has 0 unspecified atom stereocenters. The van der Waals surface area contributed by atoms with E-state index in [1.54, 1.807) is 42.6 Å². The first kappa shape index (κ1) is 16.9. The molecule has 2 N–H and O–H groups in total. The summed E-state index contributed by atoms with van der Waals surface area (Å²) < 4.78 is 2.89. The molecule has 142 valence electrons. The molecule has 0 aliphatic carbocycles. The minimum atomic E-state index is -0.253. The van der Waals surface area contributed by atoms with Gasteiger partial charge in [0.05, 0.1) is 6.54 Å². The highest BCUT2D eigenvalue weighted by Gasteiger charge is 2.10. The first-order valence-corrected chi connectivity index (χ1v) is 8.92. The minimum Gasteiger partial charge on any atom is -0.322 e. The molecule has 0 spiro atoms. The maximum atomic E-state index is 12.6. The number of pyridine rings is 1. The summed E-state index contributed by atoms with van der Waals surface area (Å²) in [5.74, 6) is -0.253. The fourth-order valence-electron chi connectivity index (χ4n) is 3.18. The third kappa shape index (κ3) is 3.14. The molecule has 9 nitrogen and oxygen atoms in total. The quantitative estimate of drug-likeness (QED) is 0.492. The lowest BCUT2D eigenvalue weighted by molar-refractivity contribution is 0.102. The number of hydrogen-bond acceptors (Lipinski definition) is 5. The van der Waals surface area contributed by atoms with E-state index in [1.165, 1.54) is 9.08 Å². The van der Waals surface area contributed by atoms with Crippen LogP contribution in [-0.2, 0) is 6.54 Å². The molecule has 0 fully saturated rings. The second-order valence-electron chi connectivity index (χ2n) is 6.55. The van der Waals surface area contributed by atoms with Gasteiger partial charge in [-0.1, -0.05) is 18.2 Å². The Morgan fingerprint density at radius 1 is 1.00 bits per heavy atom. The van der Waals surface area contributed by atoms with Crippen molar-refractivity contribution in [2.75, 3.05) is 5.32 Å². The third-order valence-electron chi connectivity index (χ3n) is 4.58. The van der Waals surface area contributed by atoms with Crippen LogP contribution in [0.15, 0.2) is 71.7 Å². The molecule has 2 aromatic carbocycles. The van der Waals surface area contributed by atoms with Gasteiger partial charge in [0, 0.05) is 17.4 Å². The molecule has 0 saturated heterocycles. The molecule has 0 radical (unpaired) electrons. The Balaban J connectivity index is 1.38. The maximum absolute atomic E-state index is 12.6. The lowest BCUT2D eigenvalue weighted by atomic mass is 10.1. The van der Waals surface area contributed by atoms with E-state index < -0.39 is 0 Å². The van der Waals surface area contributed by atoms with Crippen LogP contribution < -0.4 is 11.0 Å². The zero-order chi connectivity index (χ0) is 19.8. The van der Waals surface area contributed by atoms with E-state index >= 15 is 0 Å². The van der Waals surface area contributed by atoms with E-state index in [-0.39, 0.29) is 11.6 Å². The van der Waals surface area contributed by atoms with Crippen LogP contribution in [0.2, 0.25) is 0 Å². The Morgan fingerprint density at radius 2 is 1.90 bits per heavy atom. The van der Waals surface area contributed by atoms with Crippen LogP contribution >= 0.6 is 0 Å². The average Bonchev–Trinajstić information content (AvgIpc) is 3.33. The van der Waals surface area contributed by atoms with Crippen LogP contribution in [0.4, 0.5) is 5.69 Å². The lowest BCUT2D eigenvalue weighted by Crippen LogP contribution is -2.21. The number of fused-ring (bicyclic) bond motifs is 2. The Morgan fingerprint density at radius 3 is 2.79 bits per heavy atom. The van der Waals surface area contributed by atoms with Crippen LogP contribution in [0, 0.1) is 0 Å². The second-order valence-corrected chi connectivity index (χ2v) is 6.55. The predicted octanol–water partition coefficient (Wildman–Crippen LogP) is 2.07. The smallest absolute Gasteiger partial charge is 0.322 e. The summed E-state index contributed by atoms with van der Waals surface area (Å²) in [6.45, 7) is 0.301. The van der Waals surface area contributed by atoms with Gasteiger partial charge in [-0.2, -0.15) is 15.4 Å². The summed E-state index contributed by atoms with van der Waals surface area (Å²) in [6, 6.07) is 17.8. The molecule has 3 heterocycles. The van der Waals surface area contributed by atoms with Crippen molar-refractivity contribution in [3.8, 4) is 0 Å². The van der Waals surface area contributed by atoms with Gasteiger partial charge < -0.3 is 5.32 Å². The Hall–Kier alpha value is -4.27. The average molecular weight is 385 g/mol. The molecule has 0 aliphatic rings. The summed E-state index contributed by atoms with van der Waals surface area (Å²) in [5, 5.41) is 17.7. The molecule has 29 heavy (non-hydrogen) atoms. The van der Waals surface area contributed by atoms with Gasteiger partial charge in [0.15, 0.2) is 5.65 Å². The molecule has 1 amide bonds. The van der Waals surface area contributed by atoms with Crippen molar-refractivity contribution < 1.29 is 4.79 Å². The van der Waals surface area contributed by atoms with Crippen LogP contribution in [0.25, 0.3) is 16.7 Å². The highest BCUT2D eigenvalue weighted by Crippen LogP contribution is 2.15. The molecular weight excluding hydrogens is 370 g/mol. The monoisotopic (exact) mass is 385 g/mol. The van der Waals surface area contributed by atoms with Gasteiger partial charge in [-0.25, -0.2) is 9.48 Å². The van der Waals surface area contributed by atoms with E-state index in [4.69, 9.17) is 0 Å². The SMILES string of the molecule is O=C(Nc1cccc(Cn2nc3ccccn3c2=O)c1)c1ccc2n[nH]nc2c1. The Kier molecular flexibility index (Phi) is 3.91. The number of rotatable bonds is 4. The van der Waals surface area contributed by atoms with E-state index in [2.05, 4.69) is 25.8 Å². The molecule has 9 heteroatoms. The second kappa shape index (κ2) is 6.71. The third-order valence-corrected chi connectivity index (χ3v) is 4.58. The molecule has 0 saturated carbocycles.